The standard InChI is InChI=1S/C18H19N5O2/c19-17-21-15-14(16(25)22-17)20-11-23(15)13-6-7-18(9-13,10-24)8-12-4-2-1-3-5-12/h1-7,11,13,24H,8-10H2,(H3,19,21,22,25)/t13-,18-/m0/s1. The van der Waals surface area contributed by atoms with Crippen molar-refractivity contribution < 1.29 is 5.11 Å². The van der Waals surface area contributed by atoms with Crippen molar-refractivity contribution >= 4 is 17.1 Å². The maximum absolute atomic E-state index is 11.9. The number of hydrogen-bond acceptors (Lipinski definition) is 5. The Labute approximate surface area is 143 Å². The molecule has 0 radical (unpaired) electrons. The molecule has 0 spiro atoms. The van der Waals surface area contributed by atoms with Crippen molar-refractivity contribution in [2.45, 2.75) is 18.9 Å². The molecule has 7 nitrogen and oxygen atoms in total. The van der Waals surface area contributed by atoms with E-state index in [2.05, 4.69) is 33.2 Å². The fourth-order valence-corrected chi connectivity index (χ4v) is 3.55. The van der Waals surface area contributed by atoms with Gasteiger partial charge < -0.3 is 15.4 Å². The average molecular weight is 337 g/mol. The van der Waals surface area contributed by atoms with Crippen LogP contribution >= 0.6 is 0 Å². The van der Waals surface area contributed by atoms with E-state index >= 15 is 0 Å². The molecule has 0 saturated heterocycles. The first-order valence-corrected chi connectivity index (χ1v) is 8.17. The fraction of sp³-hybridized carbons (Fsp3) is 0.278. The number of hydrogen-bond donors (Lipinski definition) is 3. The molecule has 128 valence electrons. The molecule has 0 aliphatic heterocycles. The number of nitrogens with zero attached hydrogens (tertiary/aromatic N) is 3. The zero-order valence-electron chi connectivity index (χ0n) is 13.6. The van der Waals surface area contributed by atoms with E-state index in [-0.39, 0.29) is 35.1 Å². The number of aromatic amines is 1. The summed E-state index contributed by atoms with van der Waals surface area (Å²) in [5, 5.41) is 10.0. The predicted octanol–water partition coefficient (Wildman–Crippen LogP) is 1.42. The topological polar surface area (TPSA) is 110 Å². The molecule has 4 rings (SSSR count). The molecule has 1 aliphatic rings. The summed E-state index contributed by atoms with van der Waals surface area (Å²) in [6.45, 7) is 0.0532. The number of nitrogens with one attached hydrogen (secondary N) is 1. The number of aliphatic hydroxyl groups is 1. The maximum Gasteiger partial charge on any atom is 0.280 e. The van der Waals surface area contributed by atoms with Gasteiger partial charge in [-0.25, -0.2) is 4.98 Å². The van der Waals surface area contributed by atoms with Gasteiger partial charge in [0.15, 0.2) is 11.2 Å². The van der Waals surface area contributed by atoms with Crippen LogP contribution in [0.25, 0.3) is 11.2 Å². The smallest absolute Gasteiger partial charge is 0.280 e. The second-order valence-corrected chi connectivity index (χ2v) is 6.59. The molecule has 0 bridgehead atoms. The number of anilines is 1. The third kappa shape index (κ3) is 2.72. The van der Waals surface area contributed by atoms with Crippen molar-refractivity contribution in [3.8, 4) is 0 Å². The molecule has 0 unspecified atom stereocenters. The van der Waals surface area contributed by atoms with Gasteiger partial charge in [0.2, 0.25) is 5.95 Å². The van der Waals surface area contributed by atoms with E-state index in [4.69, 9.17) is 5.73 Å². The Morgan fingerprint density at radius 3 is 2.92 bits per heavy atom. The molecule has 2 heterocycles. The van der Waals surface area contributed by atoms with Gasteiger partial charge in [-0.1, -0.05) is 42.5 Å². The van der Waals surface area contributed by atoms with E-state index in [9.17, 15) is 9.90 Å². The first kappa shape index (κ1) is 15.6. The van der Waals surface area contributed by atoms with Crippen molar-refractivity contribution in [2.24, 2.45) is 5.41 Å². The number of fused-ring (bicyclic) bond motifs is 1. The van der Waals surface area contributed by atoms with E-state index < -0.39 is 0 Å². The monoisotopic (exact) mass is 337 g/mol. The van der Waals surface area contributed by atoms with Gasteiger partial charge in [0.25, 0.3) is 5.56 Å². The summed E-state index contributed by atoms with van der Waals surface area (Å²) in [5.41, 5.74) is 6.89. The lowest BCUT2D eigenvalue weighted by atomic mass is 9.81. The van der Waals surface area contributed by atoms with Gasteiger partial charge in [-0.2, -0.15) is 4.98 Å². The first-order valence-electron chi connectivity index (χ1n) is 8.17. The van der Waals surface area contributed by atoms with Crippen LogP contribution < -0.4 is 11.3 Å². The summed E-state index contributed by atoms with van der Waals surface area (Å²) >= 11 is 0. The highest BCUT2D eigenvalue weighted by Gasteiger charge is 2.35. The second-order valence-electron chi connectivity index (χ2n) is 6.59. The van der Waals surface area contributed by atoms with Crippen molar-refractivity contribution in [2.75, 3.05) is 12.3 Å². The largest absolute Gasteiger partial charge is 0.395 e. The number of imidazole rings is 1. The van der Waals surface area contributed by atoms with Gasteiger partial charge in [-0.3, -0.25) is 9.78 Å². The Morgan fingerprint density at radius 1 is 1.36 bits per heavy atom. The van der Waals surface area contributed by atoms with E-state index in [1.165, 1.54) is 5.56 Å². The van der Waals surface area contributed by atoms with Crippen molar-refractivity contribution in [3.63, 3.8) is 0 Å². The van der Waals surface area contributed by atoms with Crippen molar-refractivity contribution in [1.29, 1.82) is 0 Å². The Balaban J connectivity index is 1.66. The Kier molecular flexibility index (Phi) is 3.65. The van der Waals surface area contributed by atoms with Gasteiger partial charge in [-0.05, 0) is 18.4 Å². The minimum atomic E-state index is -0.346. The number of rotatable bonds is 4. The fourth-order valence-electron chi connectivity index (χ4n) is 3.55. The third-order valence-electron chi connectivity index (χ3n) is 4.81. The summed E-state index contributed by atoms with van der Waals surface area (Å²) < 4.78 is 1.85. The van der Waals surface area contributed by atoms with Crippen LogP contribution in [-0.4, -0.2) is 31.2 Å². The molecule has 25 heavy (non-hydrogen) atoms. The van der Waals surface area contributed by atoms with Crippen LogP contribution in [0.2, 0.25) is 0 Å². The zero-order chi connectivity index (χ0) is 17.4. The molecular weight excluding hydrogens is 318 g/mol. The minimum Gasteiger partial charge on any atom is -0.395 e. The number of nitrogen functional groups attached to an aromatic ring is 1. The molecule has 2 aromatic heterocycles. The van der Waals surface area contributed by atoms with Gasteiger partial charge >= 0.3 is 0 Å². The summed E-state index contributed by atoms with van der Waals surface area (Å²) in [6, 6.07) is 10.1. The van der Waals surface area contributed by atoms with E-state index in [0.717, 1.165) is 6.42 Å². The van der Waals surface area contributed by atoms with Crippen LogP contribution in [-0.2, 0) is 6.42 Å². The number of aromatic nitrogens is 4. The predicted molar refractivity (Wildman–Crippen MR) is 95.0 cm³/mol. The molecule has 2 atom stereocenters. The SMILES string of the molecule is Nc1nc2c(ncn2[C@H]2C=C[C@](CO)(Cc3ccccc3)C2)c(=O)[nH]1. The van der Waals surface area contributed by atoms with E-state index in [0.29, 0.717) is 12.1 Å². The zero-order valence-corrected chi connectivity index (χ0v) is 13.6. The van der Waals surface area contributed by atoms with Crippen molar-refractivity contribution in [1.82, 2.24) is 19.5 Å². The molecule has 0 saturated carbocycles. The molecule has 7 heteroatoms. The molecule has 0 amide bonds. The summed E-state index contributed by atoms with van der Waals surface area (Å²) in [6.07, 6.45) is 7.17. The van der Waals surface area contributed by atoms with Gasteiger partial charge in [0.05, 0.1) is 19.0 Å². The highest BCUT2D eigenvalue weighted by Crippen LogP contribution is 2.41. The molecule has 3 aromatic rings. The molecule has 4 N–H and O–H groups in total. The quantitative estimate of drug-likeness (QED) is 0.624. The third-order valence-corrected chi connectivity index (χ3v) is 4.81. The second kappa shape index (κ2) is 5.86. The van der Waals surface area contributed by atoms with Gasteiger partial charge in [0, 0.05) is 5.41 Å². The normalized spacial score (nSPS) is 22.7. The Morgan fingerprint density at radius 2 is 2.16 bits per heavy atom. The number of aliphatic hydroxyl groups excluding tert-OH is 1. The Hall–Kier alpha value is -2.93. The highest BCUT2D eigenvalue weighted by molar-refractivity contribution is 5.70. The molecular formula is C18H19N5O2. The molecule has 1 aliphatic carbocycles. The van der Waals surface area contributed by atoms with Crippen LogP contribution in [0, 0.1) is 5.41 Å². The molecule has 1 aromatic carbocycles. The van der Waals surface area contributed by atoms with Crippen LogP contribution in [0.1, 0.15) is 18.0 Å². The van der Waals surface area contributed by atoms with Crippen LogP contribution in [0.3, 0.4) is 0 Å². The van der Waals surface area contributed by atoms with E-state index in [1.54, 1.807) is 6.33 Å². The van der Waals surface area contributed by atoms with Crippen LogP contribution in [0.4, 0.5) is 5.95 Å². The highest BCUT2D eigenvalue weighted by atomic mass is 16.3. The first-order chi connectivity index (χ1) is 12.1. The lowest BCUT2D eigenvalue weighted by Gasteiger charge is -2.27. The number of H-pyrrole nitrogens is 1. The van der Waals surface area contributed by atoms with Gasteiger partial charge in [-0.15, -0.1) is 0 Å². The summed E-state index contributed by atoms with van der Waals surface area (Å²) in [5.74, 6) is 0.0685. The lowest BCUT2D eigenvalue weighted by molar-refractivity contribution is 0.158. The Bertz CT molecular complexity index is 992. The van der Waals surface area contributed by atoms with E-state index in [1.807, 2.05) is 28.8 Å². The number of nitrogens with two attached hydrogens (primary N) is 1. The summed E-state index contributed by atoms with van der Waals surface area (Å²) in [7, 11) is 0. The minimum absolute atomic E-state index is 0.0328. The van der Waals surface area contributed by atoms with Crippen LogP contribution in [0.15, 0.2) is 53.6 Å². The average Bonchev–Trinajstić information content (AvgIpc) is 3.20. The van der Waals surface area contributed by atoms with Gasteiger partial charge in [0.1, 0.15) is 0 Å². The van der Waals surface area contributed by atoms with Crippen LogP contribution in [0.5, 0.6) is 0 Å². The molecule has 0 fully saturated rings. The summed E-state index contributed by atoms with van der Waals surface area (Å²) in [4.78, 5) is 22.8. The lowest BCUT2D eigenvalue weighted by Crippen LogP contribution is -2.25. The van der Waals surface area contributed by atoms with Crippen molar-refractivity contribution in [3.05, 3.63) is 64.7 Å². The number of benzene rings is 1. The maximum atomic E-state index is 11.9. The number of allylic oxidation sites excluding steroid dienone is 1.